The molecule has 246 valence electrons. The van der Waals surface area contributed by atoms with Crippen LogP contribution in [0.15, 0.2) is 137 Å². The molecule has 1 fully saturated rings. The number of carbonyl (C=O) groups is 1. The number of carbonyl (C=O) groups excluding carboxylic acids is 1. The topological polar surface area (TPSA) is 99.6 Å². The molecule has 1 saturated carbocycles. The highest BCUT2D eigenvalue weighted by Crippen LogP contribution is 2.43. The van der Waals surface area contributed by atoms with Crippen molar-refractivity contribution in [3.05, 3.63) is 176 Å². The smallest absolute Gasteiger partial charge is 0.340 e. The van der Waals surface area contributed by atoms with E-state index in [1.807, 2.05) is 84.9 Å². The van der Waals surface area contributed by atoms with Crippen molar-refractivity contribution in [3.63, 3.8) is 0 Å². The number of H-pyrrole nitrogens is 1. The summed E-state index contributed by atoms with van der Waals surface area (Å²) in [5.74, 6) is -0.710. The highest BCUT2D eigenvalue weighted by Gasteiger charge is 2.42. The molecule has 0 aliphatic heterocycles. The molecule has 4 aromatic carbocycles. The molecular formula is C40H40N2O6. The van der Waals surface area contributed by atoms with Gasteiger partial charge in [-0.2, -0.15) is 0 Å². The van der Waals surface area contributed by atoms with Gasteiger partial charge < -0.3 is 14.2 Å². The van der Waals surface area contributed by atoms with Crippen LogP contribution in [0.4, 0.5) is 0 Å². The third-order valence-corrected chi connectivity index (χ3v) is 9.31. The molecule has 8 nitrogen and oxygen atoms in total. The van der Waals surface area contributed by atoms with Crippen molar-refractivity contribution in [1.82, 2.24) is 9.55 Å². The third-order valence-electron chi connectivity index (χ3n) is 9.31. The zero-order chi connectivity index (χ0) is 33.5. The molecule has 0 bridgehead atoms. The van der Waals surface area contributed by atoms with E-state index in [4.69, 9.17) is 14.2 Å². The monoisotopic (exact) mass is 644 g/mol. The van der Waals surface area contributed by atoms with Crippen molar-refractivity contribution < 1.29 is 19.0 Å². The lowest BCUT2D eigenvalue weighted by molar-refractivity contribution is -0.169. The van der Waals surface area contributed by atoms with Gasteiger partial charge in [-0.3, -0.25) is 14.3 Å². The maximum absolute atomic E-state index is 13.8. The van der Waals surface area contributed by atoms with Crippen LogP contribution in [0.3, 0.4) is 0 Å². The van der Waals surface area contributed by atoms with E-state index in [2.05, 4.69) is 41.4 Å². The summed E-state index contributed by atoms with van der Waals surface area (Å²) in [5.41, 5.74) is 2.22. The Kier molecular flexibility index (Phi) is 10.1. The molecule has 1 aromatic heterocycles. The summed E-state index contributed by atoms with van der Waals surface area (Å²) in [7, 11) is 1.49. The van der Waals surface area contributed by atoms with Gasteiger partial charge in [0, 0.05) is 37.3 Å². The highest BCUT2D eigenvalue weighted by molar-refractivity contribution is 5.76. The number of esters is 1. The number of aromatic nitrogens is 2. The molecule has 8 heteroatoms. The van der Waals surface area contributed by atoms with Gasteiger partial charge >= 0.3 is 11.7 Å². The number of methoxy groups -OCH3 is 1. The number of aryl methyl sites for hydroxylation is 1. The van der Waals surface area contributed by atoms with Gasteiger partial charge in [-0.1, -0.05) is 121 Å². The molecule has 5 aromatic rings. The molecule has 0 spiro atoms. The summed E-state index contributed by atoms with van der Waals surface area (Å²) in [4.78, 5) is 41.2. The third kappa shape index (κ3) is 6.81. The van der Waals surface area contributed by atoms with E-state index in [9.17, 15) is 14.4 Å². The van der Waals surface area contributed by atoms with Crippen LogP contribution in [-0.4, -0.2) is 35.3 Å². The van der Waals surface area contributed by atoms with Crippen molar-refractivity contribution in [3.8, 4) is 0 Å². The molecular weight excluding hydrogens is 604 g/mol. The van der Waals surface area contributed by atoms with Gasteiger partial charge in [0.1, 0.15) is 11.7 Å². The predicted molar refractivity (Wildman–Crippen MR) is 184 cm³/mol. The minimum absolute atomic E-state index is 0.200. The Hall–Kier alpha value is -5.05. The Morgan fingerprint density at radius 2 is 1.33 bits per heavy atom. The molecule has 1 heterocycles. The van der Waals surface area contributed by atoms with Gasteiger partial charge in [0.05, 0.1) is 6.61 Å². The number of aromatic amines is 1. The van der Waals surface area contributed by atoms with Gasteiger partial charge in [0.2, 0.25) is 0 Å². The van der Waals surface area contributed by atoms with Crippen LogP contribution in [0.1, 0.15) is 59.2 Å². The van der Waals surface area contributed by atoms with Gasteiger partial charge in [0.15, 0.2) is 6.10 Å². The fraction of sp³-hybridized carbons (Fsp3) is 0.275. The first-order chi connectivity index (χ1) is 23.4. The number of nitrogens with one attached hydrogen (secondary N) is 1. The summed E-state index contributed by atoms with van der Waals surface area (Å²) >= 11 is 0. The molecule has 48 heavy (non-hydrogen) atoms. The number of hydrogen-bond donors (Lipinski definition) is 1. The Balaban J connectivity index is 1.36. The van der Waals surface area contributed by atoms with Gasteiger partial charge in [-0.25, -0.2) is 9.59 Å². The largest absolute Gasteiger partial charge is 0.460 e. The predicted octanol–water partition coefficient (Wildman–Crippen LogP) is 6.49. The fourth-order valence-corrected chi connectivity index (χ4v) is 6.82. The van der Waals surface area contributed by atoms with E-state index >= 15 is 0 Å². The second-order valence-electron chi connectivity index (χ2n) is 12.3. The molecule has 4 atom stereocenters. The zero-order valence-electron chi connectivity index (χ0n) is 27.2. The molecule has 6 rings (SSSR count). The number of benzene rings is 4. The molecule has 1 aliphatic carbocycles. The Labute approximate surface area is 280 Å². The van der Waals surface area contributed by atoms with Crippen LogP contribution in [0.5, 0.6) is 0 Å². The van der Waals surface area contributed by atoms with Crippen LogP contribution in [0.2, 0.25) is 0 Å². The summed E-state index contributed by atoms with van der Waals surface area (Å²) < 4.78 is 20.7. The lowest BCUT2D eigenvalue weighted by Gasteiger charge is -2.41. The minimum atomic E-state index is -0.943. The average Bonchev–Trinajstić information content (AvgIpc) is 3.13. The normalized spacial score (nSPS) is 18.6. The molecule has 1 aliphatic rings. The Bertz CT molecular complexity index is 1810. The molecule has 0 amide bonds. The standard InChI is InChI=1S/C40H40N2O6/c1-28-26-42(39(45)41-37(28)43)34-24-23-30(35(25-34)48-38(44)36(46-2)29-15-7-3-8-16-29)27-47-40(31-17-9-4-10-18-31,32-19-11-5-12-20-32)33-21-13-6-14-22-33/h3-22,26,30,34-36H,23-25,27H2,1-2H3,(H,41,43,45)/t30-,34-,35+,36-/m1/s1. The van der Waals surface area contributed by atoms with Crippen LogP contribution in [0, 0.1) is 12.8 Å². The van der Waals surface area contributed by atoms with E-state index in [0.717, 1.165) is 16.7 Å². The number of ether oxygens (including phenoxy) is 3. The van der Waals surface area contributed by atoms with E-state index in [1.54, 1.807) is 17.7 Å². The SMILES string of the molecule is CO[C@@H](C(=O)O[C@H]1C[C@H](n2cc(C)c(=O)[nH]c2=O)CC[C@@H]1COC(c1ccccc1)(c1ccccc1)c1ccccc1)c1ccccc1. The van der Waals surface area contributed by atoms with Crippen molar-refractivity contribution in [1.29, 1.82) is 0 Å². The lowest BCUT2D eigenvalue weighted by Crippen LogP contribution is -2.43. The lowest BCUT2D eigenvalue weighted by atomic mass is 9.79. The quantitative estimate of drug-likeness (QED) is 0.130. The van der Waals surface area contributed by atoms with E-state index < -0.39 is 35.0 Å². The van der Waals surface area contributed by atoms with Crippen LogP contribution >= 0.6 is 0 Å². The Morgan fingerprint density at radius 3 is 1.85 bits per heavy atom. The van der Waals surface area contributed by atoms with Gasteiger partial charge in [-0.15, -0.1) is 0 Å². The summed E-state index contributed by atoms with van der Waals surface area (Å²) in [5, 5.41) is 0. The summed E-state index contributed by atoms with van der Waals surface area (Å²) in [6.45, 7) is 1.94. The first kappa shape index (κ1) is 32.9. The first-order valence-corrected chi connectivity index (χ1v) is 16.3. The van der Waals surface area contributed by atoms with Crippen LogP contribution < -0.4 is 11.2 Å². The average molecular weight is 645 g/mol. The molecule has 0 unspecified atom stereocenters. The van der Waals surface area contributed by atoms with Crippen molar-refractivity contribution in [2.45, 2.75) is 50.0 Å². The molecule has 1 N–H and O–H groups in total. The van der Waals surface area contributed by atoms with Gasteiger partial charge in [0.25, 0.3) is 5.56 Å². The maximum atomic E-state index is 13.8. The first-order valence-electron chi connectivity index (χ1n) is 16.3. The van der Waals surface area contributed by atoms with E-state index in [1.165, 1.54) is 7.11 Å². The van der Waals surface area contributed by atoms with Crippen molar-refractivity contribution in [2.75, 3.05) is 13.7 Å². The number of hydrogen-bond acceptors (Lipinski definition) is 6. The minimum Gasteiger partial charge on any atom is -0.460 e. The Morgan fingerprint density at radius 1 is 0.812 bits per heavy atom. The number of nitrogens with zero attached hydrogens (tertiary/aromatic N) is 1. The maximum Gasteiger partial charge on any atom is 0.340 e. The van der Waals surface area contributed by atoms with E-state index in [-0.39, 0.29) is 18.6 Å². The van der Waals surface area contributed by atoms with Crippen LogP contribution in [0.25, 0.3) is 0 Å². The molecule has 0 radical (unpaired) electrons. The highest BCUT2D eigenvalue weighted by atomic mass is 16.6. The van der Waals surface area contributed by atoms with Gasteiger partial charge in [-0.05, 0) is 42.0 Å². The van der Waals surface area contributed by atoms with Crippen molar-refractivity contribution >= 4 is 5.97 Å². The van der Waals surface area contributed by atoms with E-state index in [0.29, 0.717) is 30.4 Å². The fourth-order valence-electron chi connectivity index (χ4n) is 6.82. The van der Waals surface area contributed by atoms with Crippen molar-refractivity contribution in [2.24, 2.45) is 5.92 Å². The summed E-state index contributed by atoms with van der Waals surface area (Å²) in [6, 6.07) is 39.4. The second kappa shape index (κ2) is 14.8. The van der Waals surface area contributed by atoms with Crippen LogP contribution in [-0.2, 0) is 24.6 Å². The second-order valence-corrected chi connectivity index (χ2v) is 12.3. The number of rotatable bonds is 11. The summed E-state index contributed by atoms with van der Waals surface area (Å²) in [6.07, 6.45) is 1.69. The zero-order valence-corrected chi connectivity index (χ0v) is 27.2. The molecule has 0 saturated heterocycles.